The summed E-state index contributed by atoms with van der Waals surface area (Å²) in [7, 11) is 2.75. The first-order valence-electron chi connectivity index (χ1n) is 8.58. The summed E-state index contributed by atoms with van der Waals surface area (Å²) in [5.74, 6) is 1.04. The number of carbonyl (C=O) groups is 2. The molecule has 1 heterocycles. The number of methoxy groups -OCH3 is 2. The Kier molecular flexibility index (Phi) is 7.11. The molecule has 3 aromatic rings. The molecular weight excluding hydrogens is 396 g/mol. The Balaban J connectivity index is 1.90. The average Bonchev–Trinajstić information content (AvgIpc) is 2.72. The predicted molar refractivity (Wildman–Crippen MR) is 113 cm³/mol. The van der Waals surface area contributed by atoms with Gasteiger partial charge in [0, 0.05) is 11.5 Å². The summed E-state index contributed by atoms with van der Waals surface area (Å²) in [6.07, 6.45) is 0. The van der Waals surface area contributed by atoms with E-state index in [0.29, 0.717) is 11.5 Å². The Hall–Kier alpha value is -2.32. The van der Waals surface area contributed by atoms with Crippen molar-refractivity contribution in [3.63, 3.8) is 0 Å². The van der Waals surface area contributed by atoms with Crippen LogP contribution < -0.4 is 0 Å². The van der Waals surface area contributed by atoms with E-state index in [0.717, 1.165) is 33.2 Å². The zero-order valence-corrected chi connectivity index (χ0v) is 17.3. The van der Waals surface area contributed by atoms with Crippen molar-refractivity contribution >= 4 is 57.3 Å². The Morgan fingerprint density at radius 2 is 1.25 bits per heavy atom. The number of rotatable bonds is 8. The molecule has 146 valence electrons. The maximum Gasteiger partial charge on any atom is 0.315 e. The van der Waals surface area contributed by atoms with Gasteiger partial charge in [0.2, 0.25) is 0 Å². The van der Waals surface area contributed by atoms with E-state index in [1.807, 2.05) is 36.4 Å². The second kappa shape index (κ2) is 9.75. The maximum atomic E-state index is 11.4. The fourth-order valence-corrected chi connectivity index (χ4v) is 4.25. The fourth-order valence-electron chi connectivity index (χ4n) is 2.63. The quantitative estimate of drug-likeness (QED) is 0.407. The highest BCUT2D eigenvalue weighted by Crippen LogP contribution is 2.25. The van der Waals surface area contributed by atoms with Crippen LogP contribution in [0.15, 0.2) is 36.4 Å². The SMILES string of the molecule is COC(=O)CSCc1nc2cc3ccccc3cc2nc1CSCC(=O)OC. The number of ether oxygens (including phenoxy) is 2. The van der Waals surface area contributed by atoms with Gasteiger partial charge in [0.1, 0.15) is 0 Å². The van der Waals surface area contributed by atoms with Gasteiger partial charge in [-0.1, -0.05) is 24.3 Å². The van der Waals surface area contributed by atoms with Crippen LogP contribution in [0.2, 0.25) is 0 Å². The molecule has 1 aromatic heterocycles. The molecule has 0 spiro atoms. The van der Waals surface area contributed by atoms with Gasteiger partial charge in [-0.3, -0.25) is 9.59 Å². The van der Waals surface area contributed by atoms with E-state index in [2.05, 4.69) is 9.47 Å². The fraction of sp³-hybridized carbons (Fsp3) is 0.300. The van der Waals surface area contributed by atoms with Crippen LogP contribution in [-0.4, -0.2) is 47.6 Å². The van der Waals surface area contributed by atoms with Gasteiger partial charge in [-0.05, 0) is 22.9 Å². The third-order valence-electron chi connectivity index (χ3n) is 4.06. The van der Waals surface area contributed by atoms with E-state index in [4.69, 9.17) is 9.97 Å². The van der Waals surface area contributed by atoms with E-state index in [1.165, 1.54) is 37.7 Å². The minimum atomic E-state index is -0.272. The van der Waals surface area contributed by atoms with Gasteiger partial charge in [0.05, 0.1) is 48.1 Å². The van der Waals surface area contributed by atoms with Crippen LogP contribution in [-0.2, 0) is 30.6 Å². The highest BCUT2D eigenvalue weighted by atomic mass is 32.2. The highest BCUT2D eigenvalue weighted by molar-refractivity contribution is 7.99. The van der Waals surface area contributed by atoms with Crippen LogP contribution in [0, 0.1) is 0 Å². The van der Waals surface area contributed by atoms with Crippen molar-refractivity contribution in [2.75, 3.05) is 25.7 Å². The molecule has 0 aliphatic rings. The van der Waals surface area contributed by atoms with Gasteiger partial charge in [-0.2, -0.15) is 0 Å². The molecule has 0 unspecified atom stereocenters. The number of hydrogen-bond donors (Lipinski definition) is 0. The second-order valence-electron chi connectivity index (χ2n) is 5.94. The lowest BCUT2D eigenvalue weighted by Crippen LogP contribution is -2.07. The van der Waals surface area contributed by atoms with Crippen LogP contribution in [0.1, 0.15) is 11.4 Å². The van der Waals surface area contributed by atoms with E-state index < -0.39 is 0 Å². The van der Waals surface area contributed by atoms with Gasteiger partial charge in [0.25, 0.3) is 0 Å². The minimum absolute atomic E-state index is 0.253. The zero-order valence-electron chi connectivity index (χ0n) is 15.6. The Labute approximate surface area is 171 Å². The maximum absolute atomic E-state index is 11.4. The van der Waals surface area contributed by atoms with Crippen molar-refractivity contribution in [1.29, 1.82) is 0 Å². The Morgan fingerprint density at radius 1 is 0.821 bits per heavy atom. The molecule has 6 nitrogen and oxygen atoms in total. The summed E-state index contributed by atoms with van der Waals surface area (Å²) in [6.45, 7) is 0. The first kappa shape index (κ1) is 20.4. The van der Waals surface area contributed by atoms with E-state index in [-0.39, 0.29) is 23.4 Å². The number of nitrogens with zero attached hydrogens (tertiary/aromatic N) is 2. The van der Waals surface area contributed by atoms with Gasteiger partial charge in [-0.25, -0.2) is 9.97 Å². The smallest absolute Gasteiger partial charge is 0.315 e. The average molecular weight is 417 g/mol. The van der Waals surface area contributed by atoms with Crippen LogP contribution in [0.5, 0.6) is 0 Å². The first-order valence-corrected chi connectivity index (χ1v) is 10.9. The molecule has 0 aliphatic carbocycles. The zero-order chi connectivity index (χ0) is 19.9. The number of fused-ring (bicyclic) bond motifs is 2. The summed E-state index contributed by atoms with van der Waals surface area (Å²) in [5.41, 5.74) is 3.26. The minimum Gasteiger partial charge on any atom is -0.468 e. The van der Waals surface area contributed by atoms with Crippen LogP contribution in [0.3, 0.4) is 0 Å². The molecular formula is C20H20N2O4S2. The van der Waals surface area contributed by atoms with Crippen LogP contribution in [0.4, 0.5) is 0 Å². The number of aromatic nitrogens is 2. The monoisotopic (exact) mass is 416 g/mol. The first-order chi connectivity index (χ1) is 13.6. The summed E-state index contributed by atoms with van der Waals surface area (Å²) in [4.78, 5) is 32.4. The summed E-state index contributed by atoms with van der Waals surface area (Å²) < 4.78 is 9.38. The summed E-state index contributed by atoms with van der Waals surface area (Å²) in [6, 6.07) is 12.1. The summed E-state index contributed by atoms with van der Waals surface area (Å²) >= 11 is 2.86. The van der Waals surface area contributed by atoms with Gasteiger partial charge in [0.15, 0.2) is 0 Å². The van der Waals surface area contributed by atoms with Crippen molar-refractivity contribution in [3.05, 3.63) is 47.8 Å². The Bertz CT molecular complexity index is 930. The third kappa shape index (κ3) is 5.14. The molecule has 0 N–H and O–H groups in total. The molecule has 8 heteroatoms. The molecule has 0 atom stereocenters. The number of hydrogen-bond acceptors (Lipinski definition) is 8. The largest absolute Gasteiger partial charge is 0.468 e. The van der Waals surface area contributed by atoms with Crippen molar-refractivity contribution in [3.8, 4) is 0 Å². The van der Waals surface area contributed by atoms with Crippen molar-refractivity contribution < 1.29 is 19.1 Å². The molecule has 0 fully saturated rings. The topological polar surface area (TPSA) is 78.4 Å². The second-order valence-corrected chi connectivity index (χ2v) is 7.91. The molecule has 0 radical (unpaired) electrons. The molecule has 0 saturated heterocycles. The van der Waals surface area contributed by atoms with Crippen LogP contribution in [0.25, 0.3) is 21.8 Å². The molecule has 2 aromatic carbocycles. The standard InChI is InChI=1S/C20H20N2O4S2/c1-25-19(23)11-27-9-17-18(10-28-12-20(24)26-2)22-16-8-14-6-4-3-5-13(14)7-15(16)21-17/h3-8H,9-12H2,1-2H3. The molecule has 0 amide bonds. The lowest BCUT2D eigenvalue weighted by Gasteiger charge is -2.10. The number of esters is 2. The van der Waals surface area contributed by atoms with Crippen molar-refractivity contribution in [2.45, 2.75) is 11.5 Å². The number of carbonyl (C=O) groups excluding carboxylic acids is 2. The molecule has 3 rings (SSSR count). The van der Waals surface area contributed by atoms with Gasteiger partial charge < -0.3 is 9.47 Å². The predicted octanol–water partition coefficient (Wildman–Crippen LogP) is 3.60. The lowest BCUT2D eigenvalue weighted by molar-refractivity contribution is -0.138. The summed E-state index contributed by atoms with van der Waals surface area (Å²) in [5, 5.41) is 2.20. The number of thioether (sulfide) groups is 2. The van der Waals surface area contributed by atoms with Crippen molar-refractivity contribution in [2.24, 2.45) is 0 Å². The van der Waals surface area contributed by atoms with Crippen LogP contribution >= 0.6 is 23.5 Å². The Morgan fingerprint density at radius 3 is 1.64 bits per heavy atom. The third-order valence-corrected chi connectivity index (χ3v) is 5.89. The highest BCUT2D eigenvalue weighted by Gasteiger charge is 2.12. The molecule has 0 bridgehead atoms. The molecule has 28 heavy (non-hydrogen) atoms. The number of benzene rings is 2. The van der Waals surface area contributed by atoms with E-state index >= 15 is 0 Å². The molecule has 0 aliphatic heterocycles. The molecule has 0 saturated carbocycles. The van der Waals surface area contributed by atoms with E-state index in [9.17, 15) is 9.59 Å². The van der Waals surface area contributed by atoms with E-state index in [1.54, 1.807) is 0 Å². The normalized spacial score (nSPS) is 10.9. The lowest BCUT2D eigenvalue weighted by atomic mass is 10.1. The van der Waals surface area contributed by atoms with Gasteiger partial charge >= 0.3 is 11.9 Å². The van der Waals surface area contributed by atoms with Crippen molar-refractivity contribution in [1.82, 2.24) is 9.97 Å². The van der Waals surface area contributed by atoms with Gasteiger partial charge in [-0.15, -0.1) is 23.5 Å².